The van der Waals surface area contributed by atoms with Crippen LogP contribution in [0.2, 0.25) is 0 Å². The third-order valence-corrected chi connectivity index (χ3v) is 6.40. The van der Waals surface area contributed by atoms with Crippen molar-refractivity contribution in [2.24, 2.45) is 0 Å². The Morgan fingerprint density at radius 2 is 1.91 bits per heavy atom. The monoisotopic (exact) mass is 463 g/mol. The van der Waals surface area contributed by atoms with Crippen LogP contribution in [0.5, 0.6) is 5.75 Å². The van der Waals surface area contributed by atoms with Gasteiger partial charge in [0.05, 0.1) is 23.6 Å². The molecule has 160 valence electrons. The molecule has 0 fully saturated rings. The number of hydrogen-bond acceptors (Lipinski definition) is 9. The number of rotatable bonds is 7. The number of thiophene rings is 1. The number of aromatic nitrogens is 5. The Balaban J connectivity index is 1.47. The summed E-state index contributed by atoms with van der Waals surface area (Å²) < 4.78 is 13.1. The Bertz CT molecular complexity index is 1410. The molecule has 0 saturated heterocycles. The average molecular weight is 464 g/mol. The van der Waals surface area contributed by atoms with Crippen LogP contribution in [0.1, 0.15) is 12.8 Å². The third-order valence-electron chi connectivity index (χ3n) is 4.59. The van der Waals surface area contributed by atoms with Gasteiger partial charge in [0.25, 0.3) is 5.56 Å². The molecule has 4 heterocycles. The fourth-order valence-corrected chi connectivity index (χ4v) is 4.74. The molecular weight excluding hydrogens is 446 g/mol. The smallest absolute Gasteiger partial charge is 0.276 e. The van der Waals surface area contributed by atoms with E-state index < -0.39 is 0 Å². The highest BCUT2D eigenvalue weighted by atomic mass is 32.2. The Morgan fingerprint density at radius 3 is 2.69 bits per heavy atom. The fourth-order valence-electron chi connectivity index (χ4n) is 3.13. The van der Waals surface area contributed by atoms with E-state index >= 15 is 0 Å². The van der Waals surface area contributed by atoms with Crippen LogP contribution in [0.15, 0.2) is 74.7 Å². The lowest BCUT2D eigenvalue weighted by molar-refractivity contribution is 0.340. The number of fused-ring (bicyclic) bond motifs is 1. The van der Waals surface area contributed by atoms with Crippen LogP contribution in [-0.4, -0.2) is 31.3 Å². The molecule has 0 spiro atoms. The van der Waals surface area contributed by atoms with Crippen LogP contribution in [0.3, 0.4) is 0 Å². The molecule has 32 heavy (non-hydrogen) atoms. The third kappa shape index (κ3) is 4.02. The first-order valence-electron chi connectivity index (χ1n) is 9.82. The highest BCUT2D eigenvalue weighted by Crippen LogP contribution is 2.27. The van der Waals surface area contributed by atoms with E-state index in [1.165, 1.54) is 23.1 Å². The van der Waals surface area contributed by atoms with E-state index in [1.807, 2.05) is 54.8 Å². The number of nitrogens with zero attached hydrogens (tertiary/aromatic N) is 5. The molecule has 1 aromatic carbocycles. The van der Waals surface area contributed by atoms with Gasteiger partial charge in [0.2, 0.25) is 11.7 Å². The maximum atomic E-state index is 13.3. The maximum absolute atomic E-state index is 13.3. The van der Waals surface area contributed by atoms with Gasteiger partial charge < -0.3 is 9.26 Å². The van der Waals surface area contributed by atoms with Crippen molar-refractivity contribution < 1.29 is 9.26 Å². The molecule has 8 nitrogen and oxygen atoms in total. The number of benzene rings is 1. The van der Waals surface area contributed by atoms with Crippen LogP contribution in [0.25, 0.3) is 27.3 Å². The molecule has 0 amide bonds. The van der Waals surface area contributed by atoms with Gasteiger partial charge in [0.1, 0.15) is 10.4 Å². The topological polar surface area (TPSA) is 95.9 Å². The molecule has 0 atom stereocenters. The second-order valence-corrected chi connectivity index (χ2v) is 8.49. The van der Waals surface area contributed by atoms with Gasteiger partial charge in [-0.3, -0.25) is 14.3 Å². The molecule has 5 rings (SSSR count). The zero-order valence-corrected chi connectivity index (χ0v) is 18.6. The number of hydrogen-bond donors (Lipinski definition) is 0. The zero-order valence-electron chi connectivity index (χ0n) is 17.0. The molecule has 0 radical (unpaired) electrons. The van der Waals surface area contributed by atoms with Crippen LogP contribution in [0.4, 0.5) is 0 Å². The van der Waals surface area contributed by atoms with Gasteiger partial charge in [0.15, 0.2) is 5.16 Å². The lowest BCUT2D eigenvalue weighted by atomic mass is 10.3. The van der Waals surface area contributed by atoms with E-state index in [1.54, 1.807) is 17.0 Å². The summed E-state index contributed by atoms with van der Waals surface area (Å²) in [6, 6.07) is 12.9. The molecule has 0 N–H and O–H groups in total. The van der Waals surface area contributed by atoms with Gasteiger partial charge in [0, 0.05) is 18.0 Å². The summed E-state index contributed by atoms with van der Waals surface area (Å²) in [6.07, 6.45) is 3.35. The van der Waals surface area contributed by atoms with Crippen molar-refractivity contribution in [1.29, 1.82) is 0 Å². The van der Waals surface area contributed by atoms with Gasteiger partial charge in [-0.2, -0.15) is 4.98 Å². The molecule has 0 bridgehead atoms. The van der Waals surface area contributed by atoms with E-state index in [0.29, 0.717) is 45.1 Å². The Morgan fingerprint density at radius 1 is 1.09 bits per heavy atom. The largest absolute Gasteiger partial charge is 0.494 e. The first kappa shape index (κ1) is 20.4. The predicted octanol–water partition coefficient (Wildman–Crippen LogP) is 4.58. The number of pyridine rings is 1. The zero-order chi connectivity index (χ0) is 21.9. The lowest BCUT2D eigenvalue weighted by Crippen LogP contribution is -2.20. The Kier molecular flexibility index (Phi) is 5.70. The summed E-state index contributed by atoms with van der Waals surface area (Å²) in [6.45, 7) is 2.51. The van der Waals surface area contributed by atoms with Crippen molar-refractivity contribution in [3.8, 4) is 22.8 Å². The molecule has 0 saturated carbocycles. The summed E-state index contributed by atoms with van der Waals surface area (Å²) >= 11 is 2.75. The lowest BCUT2D eigenvalue weighted by Gasteiger charge is -2.12. The van der Waals surface area contributed by atoms with Crippen molar-refractivity contribution in [2.75, 3.05) is 6.61 Å². The molecule has 0 aliphatic rings. The molecule has 4 aromatic heterocycles. The Hall–Kier alpha value is -3.50. The van der Waals surface area contributed by atoms with Crippen LogP contribution < -0.4 is 10.3 Å². The summed E-state index contributed by atoms with van der Waals surface area (Å²) in [4.78, 5) is 26.4. The van der Waals surface area contributed by atoms with Gasteiger partial charge in [-0.05, 0) is 54.8 Å². The molecule has 0 aliphatic carbocycles. The first-order chi connectivity index (χ1) is 15.7. The molecule has 0 aliphatic heterocycles. The Labute approximate surface area is 190 Å². The average Bonchev–Trinajstić information content (AvgIpc) is 3.49. The molecular formula is C22H17N5O3S2. The minimum atomic E-state index is -0.111. The van der Waals surface area contributed by atoms with E-state index in [0.717, 1.165) is 11.3 Å². The summed E-state index contributed by atoms with van der Waals surface area (Å²) in [5.41, 5.74) is 2.10. The fraction of sp³-hybridized carbons (Fsp3) is 0.136. The van der Waals surface area contributed by atoms with Crippen molar-refractivity contribution in [3.05, 3.63) is 76.5 Å². The quantitative estimate of drug-likeness (QED) is 0.256. The van der Waals surface area contributed by atoms with Crippen molar-refractivity contribution in [3.63, 3.8) is 0 Å². The second-order valence-electron chi connectivity index (χ2n) is 6.63. The van der Waals surface area contributed by atoms with Gasteiger partial charge >= 0.3 is 0 Å². The summed E-state index contributed by atoms with van der Waals surface area (Å²) in [5.74, 6) is 2.06. The summed E-state index contributed by atoms with van der Waals surface area (Å²) in [7, 11) is 0. The van der Waals surface area contributed by atoms with E-state index in [4.69, 9.17) is 14.2 Å². The standard InChI is InChI=1S/C22H17N5O3S2/c1-2-29-16-5-3-15(4-6-16)27-21(28)19-17(9-12-31-19)24-22(27)32-13-18-25-20(26-30-18)14-7-10-23-11-8-14/h3-12H,2,13H2,1H3. The van der Waals surface area contributed by atoms with E-state index in [2.05, 4.69) is 15.1 Å². The predicted molar refractivity (Wildman–Crippen MR) is 123 cm³/mol. The van der Waals surface area contributed by atoms with Gasteiger partial charge in [-0.25, -0.2) is 4.98 Å². The van der Waals surface area contributed by atoms with Gasteiger partial charge in [-0.1, -0.05) is 16.9 Å². The molecule has 0 unspecified atom stereocenters. The number of ether oxygens (including phenoxy) is 1. The summed E-state index contributed by atoms with van der Waals surface area (Å²) in [5, 5.41) is 6.46. The maximum Gasteiger partial charge on any atom is 0.276 e. The molecule has 10 heteroatoms. The van der Waals surface area contributed by atoms with Crippen LogP contribution >= 0.6 is 23.1 Å². The van der Waals surface area contributed by atoms with Crippen LogP contribution in [-0.2, 0) is 5.75 Å². The minimum absolute atomic E-state index is 0.111. The van der Waals surface area contributed by atoms with Crippen molar-refractivity contribution >= 4 is 33.3 Å². The normalized spacial score (nSPS) is 11.2. The van der Waals surface area contributed by atoms with Gasteiger partial charge in [-0.15, -0.1) is 11.3 Å². The first-order valence-corrected chi connectivity index (χ1v) is 11.7. The van der Waals surface area contributed by atoms with Crippen molar-refractivity contribution in [2.45, 2.75) is 17.8 Å². The van der Waals surface area contributed by atoms with E-state index in [-0.39, 0.29) is 5.56 Å². The second kappa shape index (κ2) is 8.93. The highest BCUT2D eigenvalue weighted by molar-refractivity contribution is 7.98. The van der Waals surface area contributed by atoms with E-state index in [9.17, 15) is 4.79 Å². The number of thioether (sulfide) groups is 1. The molecule has 5 aromatic rings. The highest BCUT2D eigenvalue weighted by Gasteiger charge is 2.16. The van der Waals surface area contributed by atoms with Crippen molar-refractivity contribution in [1.82, 2.24) is 24.7 Å². The SMILES string of the molecule is CCOc1ccc(-n2c(SCc3nc(-c4ccncc4)no3)nc3ccsc3c2=O)cc1. The van der Waals surface area contributed by atoms with Crippen LogP contribution in [0, 0.1) is 0 Å². The minimum Gasteiger partial charge on any atom is -0.494 e.